The lowest BCUT2D eigenvalue weighted by Crippen LogP contribution is -2.57. The van der Waals surface area contributed by atoms with Gasteiger partial charge in [0.05, 0.1) is 22.1 Å². The summed E-state index contributed by atoms with van der Waals surface area (Å²) in [6.45, 7) is 0. The predicted molar refractivity (Wildman–Crippen MR) is 475 cm³/mol. The van der Waals surface area contributed by atoms with E-state index < -0.39 is 0 Å². The van der Waals surface area contributed by atoms with Crippen molar-refractivity contribution in [2.75, 3.05) is 0 Å². The highest BCUT2D eigenvalue weighted by molar-refractivity contribution is 6.74. The number of hydrogen-bond donors (Lipinski definition) is 0. The average Bonchev–Trinajstić information content (AvgIpc) is 1.29. The van der Waals surface area contributed by atoms with E-state index >= 15 is 0 Å². The molecule has 0 N–H and O–H groups in total. The van der Waals surface area contributed by atoms with Crippen molar-refractivity contribution in [3.05, 3.63) is 84.9 Å². The van der Waals surface area contributed by atoms with Crippen LogP contribution < -0.4 is 142 Å². The van der Waals surface area contributed by atoms with Crippen molar-refractivity contribution in [1.82, 2.24) is 9.13 Å². The normalized spacial score (nSPS) is 11.7. The molecule has 0 radical (unpaired) electrons. The van der Waals surface area contributed by atoms with Crippen LogP contribution in [0.4, 0.5) is 0 Å². The zero-order valence-electron chi connectivity index (χ0n) is 58.0. The molecule has 0 bridgehead atoms. The van der Waals surface area contributed by atoms with E-state index in [-0.39, 0.29) is 0 Å². The van der Waals surface area contributed by atoms with Gasteiger partial charge in [-0.25, -0.2) is 0 Å². The summed E-state index contributed by atoms with van der Waals surface area (Å²) < 4.78 is 5.14. The average molecular weight is 1100 g/mol. The molecule has 12 rings (SSSR count). The van der Waals surface area contributed by atoms with Gasteiger partial charge in [0.25, 0.3) is 0 Å². The van der Waals surface area contributed by atoms with E-state index in [2.05, 4.69) is 298 Å². The minimum Gasteiger partial charge on any atom is -0.310 e. The first-order valence-corrected chi connectivity index (χ1v) is 32.2. The fourth-order valence-electron chi connectivity index (χ4n) is 16.7. The van der Waals surface area contributed by atoms with Crippen LogP contribution in [0.2, 0.25) is 0 Å². The quantitative estimate of drug-likeness (QED) is 0.141. The first-order chi connectivity index (χ1) is 41.6. The Hall–Kier alpha value is -6.51. The fraction of sp³-hybridized carbons (Fsp3) is 0. The van der Waals surface area contributed by atoms with Crippen LogP contribution in [-0.4, -0.2) is 213 Å². The van der Waals surface area contributed by atoms with Crippen LogP contribution in [0.5, 0.6) is 0 Å². The SMILES string of the molecule is Bc1c(B)c(B)c(-c2c(B)c(B)c(-c3c(B)c(B)c(-n4c5ccccc5c5cc(-c6ccc7c(c6)c6ccccc6n7-c6c(B)c(B)c(-c7c(B)c(B)c(-c8c(B)c(B)c(B)c(B)c8B)c(B)c7B)c(B)c6B)ccc54)c(B)c3B)c(B)c2B)c(B)c1B. The van der Waals surface area contributed by atoms with E-state index in [4.69, 9.17) is 0 Å². The van der Waals surface area contributed by atoms with Gasteiger partial charge in [0, 0.05) is 32.9 Å². The molecule has 2 heterocycles. The maximum atomic E-state index is 2.57. The molecule has 10 aromatic carbocycles. The Balaban J connectivity index is 0.975. The van der Waals surface area contributed by atoms with Crippen molar-refractivity contribution in [1.29, 1.82) is 0 Å². The van der Waals surface area contributed by atoms with Crippen molar-refractivity contribution in [3.8, 4) is 67.0 Å². The molecule has 0 spiro atoms. The van der Waals surface area contributed by atoms with E-state index in [1.54, 1.807) is 0 Å². The molecule has 0 unspecified atom stereocenters. The summed E-state index contributed by atoms with van der Waals surface area (Å²) in [5.41, 5.74) is 57.0. The van der Waals surface area contributed by atoms with Gasteiger partial charge in [-0.15, -0.1) is 32.8 Å². The second kappa shape index (κ2) is 22.2. The lowest BCUT2D eigenvalue weighted by Gasteiger charge is -2.30. The van der Waals surface area contributed by atoms with Crippen LogP contribution in [0.25, 0.3) is 111 Å². The Morgan fingerprint density at radius 2 is 0.352 bits per heavy atom. The Labute approximate surface area is 546 Å². The monoisotopic (exact) mass is 1100 g/mol. The smallest absolute Gasteiger partial charge is 0.141 e. The third-order valence-electron chi connectivity index (χ3n) is 23.5. The maximum Gasteiger partial charge on any atom is 0.141 e. The number of para-hydroxylation sites is 2. The van der Waals surface area contributed by atoms with Crippen LogP contribution in [0.1, 0.15) is 0 Å². The number of fused-ring (bicyclic) bond motifs is 6. The Morgan fingerprint density at radius 1 is 0.170 bits per heavy atom. The highest BCUT2D eigenvalue weighted by Gasteiger charge is 2.29. The van der Waals surface area contributed by atoms with Crippen molar-refractivity contribution in [2.45, 2.75) is 0 Å². The number of rotatable bonds is 7. The molecule has 12 aromatic rings. The fourth-order valence-corrected chi connectivity index (χ4v) is 16.7. The molecule has 0 fully saturated rings. The van der Waals surface area contributed by atoms with Gasteiger partial charge in [-0.2, -0.15) is 0 Å². The maximum absolute atomic E-state index is 2.57. The van der Waals surface area contributed by atoms with Crippen LogP contribution in [-0.2, 0) is 0 Å². The molecule has 88 heavy (non-hydrogen) atoms. The van der Waals surface area contributed by atoms with Crippen LogP contribution in [0.3, 0.4) is 0 Å². The Bertz CT molecular complexity index is 4680. The van der Waals surface area contributed by atoms with Gasteiger partial charge in [0.2, 0.25) is 0 Å². The number of hydrogen-bond acceptors (Lipinski definition) is 0. The van der Waals surface area contributed by atoms with Crippen LogP contribution in [0.15, 0.2) is 84.9 Å². The van der Waals surface area contributed by atoms with Gasteiger partial charge in [-0.05, 0) is 92.0 Å². The van der Waals surface area contributed by atoms with E-state index in [0.29, 0.717) is 0 Å². The molecular formula is C60H66B26N2. The topological polar surface area (TPSA) is 9.86 Å². The highest BCUT2D eigenvalue weighted by Crippen LogP contribution is 2.38. The summed E-state index contributed by atoms with van der Waals surface area (Å²) in [6, 6.07) is 32.5. The Kier molecular flexibility index (Phi) is 15.5. The van der Waals surface area contributed by atoms with Gasteiger partial charge >= 0.3 is 0 Å². The van der Waals surface area contributed by atoms with Crippen LogP contribution in [0, 0.1) is 0 Å². The molecule has 0 saturated carbocycles. The molecule has 0 aliphatic rings. The number of nitrogens with zero attached hydrogens (tertiary/aromatic N) is 2. The van der Waals surface area contributed by atoms with Gasteiger partial charge in [-0.3, -0.25) is 0 Å². The van der Waals surface area contributed by atoms with E-state index in [9.17, 15) is 0 Å². The molecule has 2 aromatic heterocycles. The minimum atomic E-state index is 1.22. The first-order valence-electron chi connectivity index (χ1n) is 32.2. The molecule has 0 amide bonds. The first kappa shape index (κ1) is 61.7. The van der Waals surface area contributed by atoms with E-state index in [1.165, 1.54) is 253 Å². The second-order valence-electron chi connectivity index (χ2n) is 27.1. The second-order valence-corrected chi connectivity index (χ2v) is 27.1. The number of aromatic nitrogens is 2. The van der Waals surface area contributed by atoms with Gasteiger partial charge in [0.15, 0.2) is 0 Å². The van der Waals surface area contributed by atoms with E-state index in [0.717, 1.165) is 0 Å². The van der Waals surface area contributed by atoms with Gasteiger partial charge in [0.1, 0.15) is 204 Å². The van der Waals surface area contributed by atoms with Crippen molar-refractivity contribution in [3.63, 3.8) is 0 Å². The summed E-state index contributed by atoms with van der Waals surface area (Å²) in [7, 11) is 61.0. The Morgan fingerprint density at radius 3 is 0.591 bits per heavy atom. The molecular weight excluding hydrogens is 1030 g/mol. The van der Waals surface area contributed by atoms with E-state index in [1.807, 2.05) is 0 Å². The molecule has 0 atom stereocenters. The molecule has 394 valence electrons. The summed E-state index contributed by atoms with van der Waals surface area (Å²) in [5, 5.41) is 5.07. The van der Waals surface area contributed by atoms with Crippen LogP contribution >= 0.6 is 0 Å². The highest BCUT2D eigenvalue weighted by atomic mass is 15.0. The molecule has 0 aliphatic carbocycles. The largest absolute Gasteiger partial charge is 0.310 e. The zero-order valence-corrected chi connectivity index (χ0v) is 58.0. The standard InChI is InChI=1S/C60H66B26N2/c61-33-25(29-41(69)49(77)53(81)50(78)42(29)70)34(62)38(66)27(37(33)65)31-45(73)55(83)59(56(84)46(31)74)87-21-7-3-1-5-17(21)19-13-15(9-11-23(19)87)16-10-12-24-20(14-16)18-6-2-4-8-22(18)88(24)60-57(85)47(75)32(48(76)58(60)86)28-39(67)35(63)26(36(64)40(28)68)30-43(71)51(79)54(82)52(80)44(30)72/h1-14H,61-86H2. The van der Waals surface area contributed by atoms with Gasteiger partial charge in [-0.1, -0.05) is 158 Å². The predicted octanol–water partition coefficient (Wildman–Crippen LogP) is -29.1. The summed E-state index contributed by atoms with van der Waals surface area (Å²) in [5.74, 6) is 0. The third kappa shape index (κ3) is 8.68. The minimum absolute atomic E-state index is 1.22. The van der Waals surface area contributed by atoms with Crippen molar-refractivity contribution in [2.24, 2.45) is 0 Å². The molecule has 2 nitrogen and oxygen atoms in total. The summed E-state index contributed by atoms with van der Waals surface area (Å²) in [6.07, 6.45) is 0. The summed E-state index contributed by atoms with van der Waals surface area (Å²) in [4.78, 5) is 0. The zero-order chi connectivity index (χ0) is 63.6. The lowest BCUT2D eigenvalue weighted by atomic mass is 9.55. The molecule has 0 aliphatic heterocycles. The molecule has 28 heteroatoms. The van der Waals surface area contributed by atoms with Crippen molar-refractivity contribution < 1.29 is 0 Å². The third-order valence-corrected chi connectivity index (χ3v) is 23.5. The van der Waals surface area contributed by atoms with Gasteiger partial charge < -0.3 is 9.13 Å². The van der Waals surface area contributed by atoms with Crippen molar-refractivity contribution >= 4 is 390 Å². The number of benzene rings is 10. The lowest BCUT2D eigenvalue weighted by molar-refractivity contribution is 1.21. The summed E-state index contributed by atoms with van der Waals surface area (Å²) >= 11 is 0. The molecule has 0 saturated heterocycles.